The van der Waals surface area contributed by atoms with Crippen LogP contribution in [0.4, 0.5) is 4.39 Å². The van der Waals surface area contributed by atoms with E-state index in [0.717, 1.165) is 44.3 Å². The highest BCUT2D eigenvalue weighted by Gasteiger charge is 2.25. The molecule has 2 N–H and O–H groups in total. The first-order valence-electron chi connectivity index (χ1n) is 9.86. The summed E-state index contributed by atoms with van der Waals surface area (Å²) in [7, 11) is 1.77. The molecule has 0 radical (unpaired) electrons. The van der Waals surface area contributed by atoms with Crippen molar-refractivity contribution in [3.63, 3.8) is 0 Å². The average Bonchev–Trinajstić information content (AvgIpc) is 3.42. The lowest BCUT2D eigenvalue weighted by Crippen LogP contribution is -2.43. The Morgan fingerprint density at radius 3 is 2.62 bits per heavy atom. The second kappa shape index (κ2) is 12.7. The van der Waals surface area contributed by atoms with Gasteiger partial charge in [-0.1, -0.05) is 0 Å². The fourth-order valence-electron chi connectivity index (χ4n) is 3.36. The molecule has 29 heavy (non-hydrogen) atoms. The Hall–Kier alpha value is -1.81. The summed E-state index contributed by atoms with van der Waals surface area (Å²) in [6.45, 7) is 4.22. The van der Waals surface area contributed by atoms with Gasteiger partial charge in [-0.2, -0.15) is 0 Å². The lowest BCUT2D eigenvalue weighted by molar-refractivity contribution is 0.215. The Bertz CT molecular complexity index is 719. The second-order valence-corrected chi connectivity index (χ2v) is 6.81. The molecule has 0 amide bonds. The molecule has 1 unspecified atom stereocenters. The topological polar surface area (TPSA) is 62.0 Å². The fourth-order valence-corrected chi connectivity index (χ4v) is 3.36. The molecule has 2 heterocycles. The number of nitrogens with zero attached hydrogens (tertiary/aromatic N) is 2. The summed E-state index contributed by atoms with van der Waals surface area (Å²) in [4.78, 5) is 6.75. The third-order valence-corrected chi connectivity index (χ3v) is 4.84. The number of hydrogen-bond acceptors (Lipinski definition) is 4. The molecule has 1 saturated heterocycles. The second-order valence-electron chi connectivity index (χ2n) is 6.81. The van der Waals surface area contributed by atoms with Gasteiger partial charge in [0, 0.05) is 20.1 Å². The largest absolute Gasteiger partial charge is 0.494 e. The van der Waals surface area contributed by atoms with Crippen molar-refractivity contribution in [2.45, 2.75) is 25.3 Å². The lowest BCUT2D eigenvalue weighted by atomic mass is 10.2. The third kappa shape index (κ3) is 7.50. The molecule has 8 heteroatoms. The van der Waals surface area contributed by atoms with Crippen LogP contribution in [-0.4, -0.2) is 50.7 Å². The molecule has 160 valence electrons. The molecule has 0 bridgehead atoms. The summed E-state index contributed by atoms with van der Waals surface area (Å²) in [5.41, 5.74) is 0. The quantitative estimate of drug-likeness (QED) is 0.230. The number of benzene rings is 1. The number of guanidine groups is 1. The Kier molecular flexibility index (Phi) is 10.3. The van der Waals surface area contributed by atoms with E-state index in [2.05, 4.69) is 20.5 Å². The zero-order valence-electron chi connectivity index (χ0n) is 16.8. The van der Waals surface area contributed by atoms with Crippen LogP contribution in [-0.2, 0) is 0 Å². The molecule has 1 fully saturated rings. The van der Waals surface area contributed by atoms with Gasteiger partial charge in [0.1, 0.15) is 17.3 Å². The van der Waals surface area contributed by atoms with Crippen LogP contribution in [0, 0.1) is 5.82 Å². The smallest absolute Gasteiger partial charge is 0.191 e. The third-order valence-electron chi connectivity index (χ3n) is 4.84. The summed E-state index contributed by atoms with van der Waals surface area (Å²) < 4.78 is 24.1. The first-order valence-corrected chi connectivity index (χ1v) is 9.86. The lowest BCUT2D eigenvalue weighted by Gasteiger charge is -2.26. The SMILES string of the molecule is CN=C(NCCCOc1ccc(F)cc1)NCC(c1ccco1)N1CCCC1.I. The molecule has 1 aliphatic rings. The zero-order chi connectivity index (χ0) is 19.6. The minimum absolute atomic E-state index is 0. The molecule has 1 aromatic carbocycles. The minimum Gasteiger partial charge on any atom is -0.494 e. The molecule has 0 spiro atoms. The van der Waals surface area contributed by atoms with E-state index >= 15 is 0 Å². The normalized spacial score (nSPS) is 15.6. The Morgan fingerprint density at radius 1 is 1.21 bits per heavy atom. The van der Waals surface area contributed by atoms with E-state index in [4.69, 9.17) is 9.15 Å². The van der Waals surface area contributed by atoms with Crippen LogP contribution in [0.25, 0.3) is 0 Å². The number of aliphatic imine (C=N–C) groups is 1. The molecule has 1 aromatic heterocycles. The van der Waals surface area contributed by atoms with Crippen LogP contribution in [0.5, 0.6) is 5.75 Å². The fraction of sp³-hybridized carbons (Fsp3) is 0.476. The van der Waals surface area contributed by atoms with Gasteiger partial charge < -0.3 is 19.8 Å². The van der Waals surface area contributed by atoms with Crippen molar-refractivity contribution in [1.82, 2.24) is 15.5 Å². The van der Waals surface area contributed by atoms with Gasteiger partial charge in [-0.3, -0.25) is 9.89 Å². The molecule has 0 saturated carbocycles. The van der Waals surface area contributed by atoms with Crippen LogP contribution in [0.2, 0.25) is 0 Å². The van der Waals surface area contributed by atoms with E-state index in [0.29, 0.717) is 12.4 Å². The number of halogens is 2. The molecule has 0 aliphatic carbocycles. The summed E-state index contributed by atoms with van der Waals surface area (Å²) in [6, 6.07) is 10.2. The summed E-state index contributed by atoms with van der Waals surface area (Å²) in [5.74, 6) is 2.16. The van der Waals surface area contributed by atoms with Crippen molar-refractivity contribution in [1.29, 1.82) is 0 Å². The van der Waals surface area contributed by atoms with E-state index in [9.17, 15) is 4.39 Å². The highest BCUT2D eigenvalue weighted by atomic mass is 127. The van der Waals surface area contributed by atoms with Crippen molar-refractivity contribution in [2.75, 3.05) is 39.8 Å². The van der Waals surface area contributed by atoms with Crippen molar-refractivity contribution in [2.24, 2.45) is 4.99 Å². The highest BCUT2D eigenvalue weighted by Crippen LogP contribution is 2.24. The maximum absolute atomic E-state index is 12.9. The average molecular weight is 516 g/mol. The van der Waals surface area contributed by atoms with E-state index in [1.165, 1.54) is 25.0 Å². The Labute approximate surface area is 188 Å². The van der Waals surface area contributed by atoms with E-state index < -0.39 is 0 Å². The number of furan rings is 1. The van der Waals surface area contributed by atoms with Crippen LogP contribution in [0.3, 0.4) is 0 Å². The maximum atomic E-state index is 12.9. The van der Waals surface area contributed by atoms with Crippen molar-refractivity contribution < 1.29 is 13.5 Å². The summed E-state index contributed by atoms with van der Waals surface area (Å²) >= 11 is 0. The van der Waals surface area contributed by atoms with Gasteiger partial charge in [-0.25, -0.2) is 4.39 Å². The van der Waals surface area contributed by atoms with Gasteiger partial charge in [-0.05, 0) is 68.8 Å². The van der Waals surface area contributed by atoms with Gasteiger partial charge in [0.2, 0.25) is 0 Å². The number of rotatable bonds is 9. The van der Waals surface area contributed by atoms with Gasteiger partial charge in [0.15, 0.2) is 5.96 Å². The number of likely N-dealkylation sites (tertiary alicyclic amines) is 1. The monoisotopic (exact) mass is 516 g/mol. The molecule has 1 aliphatic heterocycles. The van der Waals surface area contributed by atoms with Gasteiger partial charge in [-0.15, -0.1) is 24.0 Å². The highest BCUT2D eigenvalue weighted by molar-refractivity contribution is 14.0. The van der Waals surface area contributed by atoms with Crippen LogP contribution in [0.1, 0.15) is 31.1 Å². The molecular formula is C21H30FIN4O2. The first kappa shape index (κ1) is 23.5. The van der Waals surface area contributed by atoms with Gasteiger partial charge in [0.05, 0.1) is 18.9 Å². The van der Waals surface area contributed by atoms with Crippen LogP contribution in [0.15, 0.2) is 52.1 Å². The molecule has 1 atom stereocenters. The first-order chi connectivity index (χ1) is 13.8. The van der Waals surface area contributed by atoms with E-state index in [1.807, 2.05) is 12.1 Å². The van der Waals surface area contributed by atoms with Crippen molar-refractivity contribution in [3.05, 3.63) is 54.2 Å². The molecule has 2 aromatic rings. The minimum atomic E-state index is -0.259. The Morgan fingerprint density at radius 2 is 1.97 bits per heavy atom. The van der Waals surface area contributed by atoms with Gasteiger partial charge >= 0.3 is 0 Å². The standard InChI is InChI=1S/C21H29FN4O2.HI/c1-23-21(24-11-5-15-27-18-9-7-17(22)8-10-18)25-16-19(20-6-4-14-28-20)26-12-2-3-13-26;/h4,6-10,14,19H,2-3,5,11-13,15-16H2,1H3,(H2,23,24,25);1H. The number of nitrogens with one attached hydrogen (secondary N) is 2. The summed E-state index contributed by atoms with van der Waals surface area (Å²) in [5, 5.41) is 6.71. The maximum Gasteiger partial charge on any atom is 0.191 e. The van der Waals surface area contributed by atoms with Crippen molar-refractivity contribution >= 4 is 29.9 Å². The van der Waals surface area contributed by atoms with Crippen LogP contribution >= 0.6 is 24.0 Å². The Balaban J connectivity index is 0.00000300. The molecule has 3 rings (SSSR count). The van der Waals surface area contributed by atoms with E-state index in [-0.39, 0.29) is 35.8 Å². The molecule has 6 nitrogen and oxygen atoms in total. The van der Waals surface area contributed by atoms with Crippen molar-refractivity contribution in [3.8, 4) is 5.75 Å². The molecular weight excluding hydrogens is 486 g/mol. The predicted molar refractivity (Wildman–Crippen MR) is 124 cm³/mol. The van der Waals surface area contributed by atoms with E-state index in [1.54, 1.807) is 25.4 Å². The number of ether oxygens (including phenoxy) is 1. The predicted octanol–water partition coefficient (Wildman–Crippen LogP) is 3.81. The van der Waals surface area contributed by atoms with Crippen LogP contribution < -0.4 is 15.4 Å². The van der Waals surface area contributed by atoms with Gasteiger partial charge in [0.25, 0.3) is 0 Å². The zero-order valence-corrected chi connectivity index (χ0v) is 19.1. The number of hydrogen-bond donors (Lipinski definition) is 2. The summed E-state index contributed by atoms with van der Waals surface area (Å²) in [6.07, 6.45) is 5.01.